The molecule has 3 heteroatoms. The van der Waals surface area contributed by atoms with Crippen LogP contribution in [-0.2, 0) is 4.79 Å². The molecular weight excluding hydrogens is 212 g/mol. The average molecular weight is 238 g/mol. The van der Waals surface area contributed by atoms with Crippen molar-refractivity contribution >= 4 is 5.91 Å². The Bertz CT molecular complexity index is 282. The van der Waals surface area contributed by atoms with Gasteiger partial charge in [-0.25, -0.2) is 0 Å². The second-order valence-corrected chi connectivity index (χ2v) is 6.28. The molecule has 0 aromatic rings. The molecule has 0 aromatic carbocycles. The second kappa shape index (κ2) is 4.97. The Balaban J connectivity index is 1.83. The maximum absolute atomic E-state index is 12.2. The van der Waals surface area contributed by atoms with Gasteiger partial charge in [-0.1, -0.05) is 25.7 Å². The zero-order chi connectivity index (χ0) is 12.5. The summed E-state index contributed by atoms with van der Waals surface area (Å²) in [5.41, 5.74) is 5.92. The summed E-state index contributed by atoms with van der Waals surface area (Å²) in [5, 5.41) is 0. The number of hydrogen-bond donors (Lipinski definition) is 1. The second-order valence-electron chi connectivity index (χ2n) is 6.28. The molecule has 0 radical (unpaired) electrons. The molecule has 2 rings (SSSR count). The molecule has 2 aliphatic rings. The third-order valence-electron chi connectivity index (χ3n) is 4.81. The highest BCUT2D eigenvalue weighted by atomic mass is 16.2. The summed E-state index contributed by atoms with van der Waals surface area (Å²) in [6.07, 6.45) is 8.13. The Labute approximate surface area is 105 Å². The zero-order valence-corrected chi connectivity index (χ0v) is 11.2. The smallest absolute Gasteiger partial charge is 0.223 e. The normalized spacial score (nSPS) is 28.9. The lowest BCUT2D eigenvalue weighted by Gasteiger charge is -2.34. The third kappa shape index (κ3) is 2.65. The van der Waals surface area contributed by atoms with Gasteiger partial charge in [0.05, 0.1) is 5.54 Å². The van der Waals surface area contributed by atoms with Crippen LogP contribution < -0.4 is 5.73 Å². The van der Waals surface area contributed by atoms with Gasteiger partial charge >= 0.3 is 0 Å². The van der Waals surface area contributed by atoms with E-state index < -0.39 is 0 Å². The SMILES string of the molecule is CC1(C)C(N)CCN1C(=O)CCC1CCCC1. The molecule has 1 amide bonds. The van der Waals surface area contributed by atoms with Crippen molar-refractivity contribution in [3.8, 4) is 0 Å². The van der Waals surface area contributed by atoms with Gasteiger partial charge in [0.2, 0.25) is 5.91 Å². The Morgan fingerprint density at radius 1 is 1.29 bits per heavy atom. The van der Waals surface area contributed by atoms with Crippen LogP contribution in [0.25, 0.3) is 0 Å². The molecule has 1 atom stereocenters. The molecule has 1 unspecified atom stereocenters. The van der Waals surface area contributed by atoms with Crippen LogP contribution in [0.5, 0.6) is 0 Å². The Hall–Kier alpha value is -0.570. The minimum atomic E-state index is -0.146. The van der Waals surface area contributed by atoms with E-state index in [9.17, 15) is 4.79 Å². The van der Waals surface area contributed by atoms with Gasteiger partial charge in [0.1, 0.15) is 0 Å². The lowest BCUT2D eigenvalue weighted by Crippen LogP contribution is -2.51. The Kier molecular flexibility index (Phi) is 3.76. The number of carbonyl (C=O) groups excluding carboxylic acids is 1. The lowest BCUT2D eigenvalue weighted by atomic mass is 9.95. The van der Waals surface area contributed by atoms with E-state index in [0.717, 1.165) is 31.7 Å². The number of nitrogens with two attached hydrogens (primary N) is 1. The molecule has 0 aromatic heterocycles. The van der Waals surface area contributed by atoms with Crippen molar-refractivity contribution in [2.45, 2.75) is 70.4 Å². The lowest BCUT2D eigenvalue weighted by molar-refractivity contribution is -0.134. The van der Waals surface area contributed by atoms with Crippen molar-refractivity contribution in [3.63, 3.8) is 0 Å². The number of hydrogen-bond acceptors (Lipinski definition) is 2. The van der Waals surface area contributed by atoms with Crippen LogP contribution in [0.1, 0.15) is 58.8 Å². The van der Waals surface area contributed by atoms with Crippen LogP contribution in [-0.4, -0.2) is 28.9 Å². The molecule has 17 heavy (non-hydrogen) atoms. The molecule has 1 aliphatic heterocycles. The van der Waals surface area contributed by atoms with Crippen LogP contribution in [0.3, 0.4) is 0 Å². The van der Waals surface area contributed by atoms with Gasteiger partial charge in [-0.3, -0.25) is 4.79 Å². The van der Waals surface area contributed by atoms with Gasteiger partial charge in [-0.15, -0.1) is 0 Å². The molecule has 1 aliphatic carbocycles. The summed E-state index contributed by atoms with van der Waals surface area (Å²) in [5.74, 6) is 1.12. The molecule has 3 nitrogen and oxygen atoms in total. The number of amides is 1. The van der Waals surface area contributed by atoms with Crippen molar-refractivity contribution in [2.75, 3.05) is 6.54 Å². The number of likely N-dealkylation sites (tertiary alicyclic amines) is 1. The Morgan fingerprint density at radius 2 is 1.94 bits per heavy atom. The fraction of sp³-hybridized carbons (Fsp3) is 0.929. The molecule has 98 valence electrons. The van der Waals surface area contributed by atoms with Crippen LogP contribution in [0.2, 0.25) is 0 Å². The Morgan fingerprint density at radius 3 is 2.47 bits per heavy atom. The van der Waals surface area contributed by atoms with Gasteiger partial charge < -0.3 is 10.6 Å². The molecule has 2 fully saturated rings. The molecular formula is C14H26N2O. The van der Waals surface area contributed by atoms with E-state index in [1.807, 2.05) is 4.90 Å². The first-order chi connectivity index (χ1) is 8.01. The first-order valence-corrected chi connectivity index (χ1v) is 7.08. The first-order valence-electron chi connectivity index (χ1n) is 7.08. The van der Waals surface area contributed by atoms with Gasteiger partial charge in [0.25, 0.3) is 0 Å². The quantitative estimate of drug-likeness (QED) is 0.820. The third-order valence-corrected chi connectivity index (χ3v) is 4.81. The molecule has 0 bridgehead atoms. The summed E-state index contributed by atoms with van der Waals surface area (Å²) >= 11 is 0. The van der Waals surface area contributed by atoms with E-state index >= 15 is 0 Å². The number of carbonyl (C=O) groups is 1. The fourth-order valence-corrected chi connectivity index (χ4v) is 3.32. The van der Waals surface area contributed by atoms with Gasteiger partial charge in [0, 0.05) is 19.0 Å². The van der Waals surface area contributed by atoms with Crippen molar-refractivity contribution in [1.29, 1.82) is 0 Å². The average Bonchev–Trinajstić information content (AvgIpc) is 2.86. The highest BCUT2D eigenvalue weighted by Crippen LogP contribution is 2.31. The predicted octanol–water partition coefficient (Wildman–Crippen LogP) is 2.29. The minimum Gasteiger partial charge on any atom is -0.336 e. The van der Waals surface area contributed by atoms with Gasteiger partial charge in [-0.05, 0) is 32.6 Å². The molecule has 1 saturated carbocycles. The van der Waals surface area contributed by atoms with Crippen molar-refractivity contribution in [1.82, 2.24) is 4.90 Å². The van der Waals surface area contributed by atoms with E-state index in [0.29, 0.717) is 5.91 Å². The van der Waals surface area contributed by atoms with Crippen molar-refractivity contribution < 1.29 is 4.79 Å². The monoisotopic (exact) mass is 238 g/mol. The standard InChI is InChI=1S/C14H26N2O/c1-14(2)12(15)9-10-16(14)13(17)8-7-11-5-3-4-6-11/h11-12H,3-10,15H2,1-2H3. The summed E-state index contributed by atoms with van der Waals surface area (Å²) in [4.78, 5) is 14.2. The highest BCUT2D eigenvalue weighted by Gasteiger charge is 2.41. The van der Waals surface area contributed by atoms with E-state index in [4.69, 9.17) is 5.73 Å². The number of rotatable bonds is 3. The van der Waals surface area contributed by atoms with Gasteiger partial charge in [-0.2, -0.15) is 0 Å². The molecule has 1 heterocycles. The van der Waals surface area contributed by atoms with E-state index in [1.165, 1.54) is 25.7 Å². The molecule has 1 saturated heterocycles. The largest absolute Gasteiger partial charge is 0.336 e. The van der Waals surface area contributed by atoms with Crippen LogP contribution >= 0.6 is 0 Å². The molecule has 0 spiro atoms. The van der Waals surface area contributed by atoms with E-state index in [-0.39, 0.29) is 11.6 Å². The summed E-state index contributed by atoms with van der Waals surface area (Å²) in [6, 6.07) is 0.137. The van der Waals surface area contributed by atoms with Gasteiger partial charge in [0.15, 0.2) is 0 Å². The number of nitrogens with zero attached hydrogens (tertiary/aromatic N) is 1. The van der Waals surface area contributed by atoms with Crippen molar-refractivity contribution in [2.24, 2.45) is 11.7 Å². The maximum Gasteiger partial charge on any atom is 0.223 e. The summed E-state index contributed by atoms with van der Waals surface area (Å²) < 4.78 is 0. The predicted molar refractivity (Wildman–Crippen MR) is 69.6 cm³/mol. The summed E-state index contributed by atoms with van der Waals surface area (Å²) in [6.45, 7) is 5.04. The van der Waals surface area contributed by atoms with Crippen molar-refractivity contribution in [3.05, 3.63) is 0 Å². The van der Waals surface area contributed by atoms with E-state index in [1.54, 1.807) is 0 Å². The minimum absolute atomic E-state index is 0.137. The van der Waals surface area contributed by atoms with Crippen LogP contribution in [0.15, 0.2) is 0 Å². The topological polar surface area (TPSA) is 46.3 Å². The zero-order valence-electron chi connectivity index (χ0n) is 11.2. The highest BCUT2D eigenvalue weighted by molar-refractivity contribution is 5.77. The summed E-state index contributed by atoms with van der Waals surface area (Å²) in [7, 11) is 0. The van der Waals surface area contributed by atoms with E-state index in [2.05, 4.69) is 13.8 Å². The van der Waals surface area contributed by atoms with Crippen LogP contribution in [0.4, 0.5) is 0 Å². The maximum atomic E-state index is 12.2. The molecule has 2 N–H and O–H groups in total. The fourth-order valence-electron chi connectivity index (χ4n) is 3.32. The first kappa shape index (κ1) is 12.9. The van der Waals surface area contributed by atoms with Crippen LogP contribution in [0, 0.1) is 5.92 Å².